The number of alkyl halides is 3. The van der Waals surface area contributed by atoms with E-state index in [0.717, 1.165) is 20.0 Å². The van der Waals surface area contributed by atoms with E-state index in [-0.39, 0.29) is 10.6 Å². The molecule has 0 heterocycles. The van der Waals surface area contributed by atoms with Crippen molar-refractivity contribution in [2.45, 2.75) is 37.6 Å². The zero-order chi connectivity index (χ0) is 18.1. The van der Waals surface area contributed by atoms with Crippen LogP contribution in [0.4, 0.5) is 13.2 Å². The van der Waals surface area contributed by atoms with E-state index in [4.69, 9.17) is 11.6 Å². The zero-order valence-electron chi connectivity index (χ0n) is 12.6. The Hall–Kier alpha value is -1.48. The molecule has 0 spiro atoms. The number of fused-ring (bicyclic) bond motifs is 1. The molecular formula is C14H14ClF3O5S. The first-order valence-corrected chi connectivity index (χ1v) is 8.80. The van der Waals surface area contributed by atoms with E-state index < -0.39 is 27.3 Å². The summed E-state index contributed by atoms with van der Waals surface area (Å²) < 4.78 is 69.2. The Kier molecular flexibility index (Phi) is 5.34. The summed E-state index contributed by atoms with van der Waals surface area (Å²) in [6, 6.07) is 1.34. The van der Waals surface area contributed by atoms with Gasteiger partial charge in [0, 0.05) is 0 Å². The number of methoxy groups -OCH3 is 1. The summed E-state index contributed by atoms with van der Waals surface area (Å²) in [6.45, 7) is 0. The molecule has 0 aliphatic heterocycles. The second kappa shape index (κ2) is 6.79. The van der Waals surface area contributed by atoms with Crippen LogP contribution >= 0.6 is 11.6 Å². The highest BCUT2D eigenvalue weighted by atomic mass is 35.5. The van der Waals surface area contributed by atoms with Gasteiger partial charge >= 0.3 is 21.6 Å². The van der Waals surface area contributed by atoms with Crippen LogP contribution in [-0.4, -0.2) is 27.0 Å². The fourth-order valence-corrected chi connectivity index (χ4v) is 3.38. The van der Waals surface area contributed by atoms with Gasteiger partial charge in [-0.2, -0.15) is 21.6 Å². The van der Waals surface area contributed by atoms with Crippen LogP contribution in [0.2, 0.25) is 5.02 Å². The second-order valence-corrected chi connectivity index (χ2v) is 7.18. The van der Waals surface area contributed by atoms with Crippen molar-refractivity contribution in [2.75, 3.05) is 7.11 Å². The van der Waals surface area contributed by atoms with E-state index in [0.29, 0.717) is 30.4 Å². The maximum atomic E-state index is 12.6. The molecule has 0 bridgehead atoms. The molecule has 0 aromatic heterocycles. The maximum Gasteiger partial charge on any atom is 0.534 e. The molecule has 0 atom stereocenters. The summed E-state index contributed by atoms with van der Waals surface area (Å²) in [5.41, 5.74) is -4.92. The molecule has 1 aliphatic rings. The SMILES string of the molecule is COC(=O)c1c2c(cc(Cl)c1OS(=O)(=O)C(F)(F)F)CCCCC2. The van der Waals surface area contributed by atoms with Gasteiger partial charge in [0.2, 0.25) is 0 Å². The first kappa shape index (κ1) is 18.9. The van der Waals surface area contributed by atoms with E-state index in [1.165, 1.54) is 6.07 Å². The fourth-order valence-electron chi connectivity index (χ4n) is 2.58. The number of aryl methyl sites for hydroxylation is 1. The monoisotopic (exact) mass is 386 g/mol. The Balaban J connectivity index is 2.67. The molecule has 0 radical (unpaired) electrons. The molecule has 10 heteroatoms. The number of carbonyl (C=O) groups is 1. The number of ether oxygens (including phenoxy) is 1. The van der Waals surface area contributed by atoms with E-state index in [9.17, 15) is 26.4 Å². The van der Waals surface area contributed by atoms with Gasteiger partial charge in [0.25, 0.3) is 0 Å². The Morgan fingerprint density at radius 3 is 2.42 bits per heavy atom. The number of hydrogen-bond acceptors (Lipinski definition) is 5. The third-order valence-electron chi connectivity index (χ3n) is 3.67. The summed E-state index contributed by atoms with van der Waals surface area (Å²) in [5, 5.41) is -0.385. The van der Waals surface area contributed by atoms with Crippen molar-refractivity contribution >= 4 is 27.7 Å². The molecule has 0 N–H and O–H groups in total. The largest absolute Gasteiger partial charge is 0.534 e. The van der Waals surface area contributed by atoms with Gasteiger partial charge in [0.1, 0.15) is 5.56 Å². The Morgan fingerprint density at radius 2 is 1.83 bits per heavy atom. The fraction of sp³-hybridized carbons (Fsp3) is 0.500. The number of carbonyl (C=O) groups excluding carboxylic acids is 1. The van der Waals surface area contributed by atoms with E-state index >= 15 is 0 Å². The van der Waals surface area contributed by atoms with Gasteiger partial charge in [-0.15, -0.1) is 0 Å². The molecule has 5 nitrogen and oxygen atoms in total. The van der Waals surface area contributed by atoms with Crippen molar-refractivity contribution < 1.29 is 35.3 Å². The van der Waals surface area contributed by atoms with Crippen molar-refractivity contribution in [1.82, 2.24) is 0 Å². The predicted molar refractivity (Wildman–Crippen MR) is 79.7 cm³/mol. The highest BCUT2D eigenvalue weighted by Crippen LogP contribution is 2.40. The number of hydrogen-bond donors (Lipinski definition) is 0. The minimum atomic E-state index is -5.97. The first-order valence-electron chi connectivity index (χ1n) is 7.02. The molecule has 0 fully saturated rings. The van der Waals surface area contributed by atoms with Gasteiger partial charge in [0.05, 0.1) is 12.1 Å². The highest BCUT2D eigenvalue weighted by molar-refractivity contribution is 7.88. The standard InChI is InChI=1S/C14H14ClF3O5S/c1-22-13(19)11-9-6-4-2-3-5-8(9)7-10(15)12(11)23-24(20,21)14(16,17)18/h7H,2-6H2,1H3. The van der Waals surface area contributed by atoms with Crippen molar-refractivity contribution in [1.29, 1.82) is 0 Å². The van der Waals surface area contributed by atoms with Crippen LogP contribution in [0.3, 0.4) is 0 Å². The van der Waals surface area contributed by atoms with Crippen molar-refractivity contribution in [2.24, 2.45) is 0 Å². The lowest BCUT2D eigenvalue weighted by Gasteiger charge is -2.18. The van der Waals surface area contributed by atoms with Gasteiger partial charge in [-0.1, -0.05) is 18.0 Å². The molecule has 134 valence electrons. The average Bonchev–Trinajstić information content (AvgIpc) is 2.71. The highest BCUT2D eigenvalue weighted by Gasteiger charge is 2.49. The molecule has 1 aliphatic carbocycles. The van der Waals surface area contributed by atoms with Gasteiger partial charge < -0.3 is 8.92 Å². The van der Waals surface area contributed by atoms with Gasteiger partial charge in [0.15, 0.2) is 5.75 Å². The minimum absolute atomic E-state index is 0.366. The lowest BCUT2D eigenvalue weighted by atomic mass is 9.96. The Bertz CT molecular complexity index is 759. The molecule has 0 saturated heterocycles. The lowest BCUT2D eigenvalue weighted by molar-refractivity contribution is -0.0500. The van der Waals surface area contributed by atoms with E-state index in [1.54, 1.807) is 0 Å². The molecule has 2 rings (SSSR count). The van der Waals surface area contributed by atoms with Crippen molar-refractivity contribution in [3.63, 3.8) is 0 Å². The third-order valence-corrected chi connectivity index (χ3v) is 4.91. The molecular weight excluding hydrogens is 373 g/mol. The lowest BCUT2D eigenvalue weighted by Crippen LogP contribution is -2.29. The van der Waals surface area contributed by atoms with Crippen molar-refractivity contribution in [3.8, 4) is 5.75 Å². The number of esters is 1. The molecule has 0 unspecified atom stereocenters. The Morgan fingerprint density at radius 1 is 1.21 bits per heavy atom. The zero-order valence-corrected chi connectivity index (χ0v) is 14.1. The van der Waals surface area contributed by atoms with Gasteiger partial charge in [-0.05, 0) is 42.9 Å². The van der Waals surface area contributed by atoms with Crippen LogP contribution in [0.25, 0.3) is 0 Å². The quantitative estimate of drug-likeness (QED) is 0.343. The third kappa shape index (κ3) is 3.61. The van der Waals surface area contributed by atoms with Gasteiger partial charge in [-0.3, -0.25) is 0 Å². The molecule has 1 aromatic rings. The Labute approximate surface area is 141 Å². The summed E-state index contributed by atoms with van der Waals surface area (Å²) in [6.07, 6.45) is 3.35. The summed E-state index contributed by atoms with van der Waals surface area (Å²) >= 11 is 5.91. The minimum Gasteiger partial charge on any atom is -0.465 e. The predicted octanol–water partition coefficient (Wildman–Crippen LogP) is 3.62. The first-order chi connectivity index (χ1) is 11.1. The number of benzene rings is 1. The van der Waals surface area contributed by atoms with E-state index in [1.807, 2.05) is 0 Å². The molecule has 0 amide bonds. The van der Waals surface area contributed by atoms with Crippen LogP contribution in [0.5, 0.6) is 5.75 Å². The van der Waals surface area contributed by atoms with Crippen LogP contribution in [0.1, 0.15) is 40.7 Å². The maximum absolute atomic E-state index is 12.6. The van der Waals surface area contributed by atoms with Crippen LogP contribution in [-0.2, 0) is 27.7 Å². The van der Waals surface area contributed by atoms with Gasteiger partial charge in [-0.25, -0.2) is 4.79 Å². The summed E-state index contributed by atoms with van der Waals surface area (Å²) in [7, 11) is -4.93. The van der Waals surface area contributed by atoms with E-state index in [2.05, 4.69) is 8.92 Å². The number of halogens is 4. The van der Waals surface area contributed by atoms with Crippen molar-refractivity contribution in [3.05, 3.63) is 27.8 Å². The molecule has 24 heavy (non-hydrogen) atoms. The smallest absolute Gasteiger partial charge is 0.465 e. The average molecular weight is 387 g/mol. The second-order valence-electron chi connectivity index (χ2n) is 5.24. The molecule has 0 saturated carbocycles. The summed E-state index contributed by atoms with van der Waals surface area (Å²) in [4.78, 5) is 12.1. The normalized spacial score (nSPS) is 15.4. The van der Waals surface area contributed by atoms with Crippen LogP contribution in [0.15, 0.2) is 6.07 Å². The molecule has 1 aromatic carbocycles. The van der Waals surface area contributed by atoms with Crippen LogP contribution in [0, 0.1) is 0 Å². The topological polar surface area (TPSA) is 69.7 Å². The van der Waals surface area contributed by atoms with Crippen LogP contribution < -0.4 is 4.18 Å². The number of rotatable bonds is 3. The summed E-state index contributed by atoms with van der Waals surface area (Å²) in [5.74, 6) is -1.84.